The summed E-state index contributed by atoms with van der Waals surface area (Å²) >= 11 is 6.34. The van der Waals surface area contributed by atoms with Crippen molar-refractivity contribution in [2.75, 3.05) is 13.2 Å². The monoisotopic (exact) mass is 478 g/mol. The van der Waals surface area contributed by atoms with Gasteiger partial charge in [0, 0.05) is 23.6 Å². The van der Waals surface area contributed by atoms with Crippen LogP contribution in [0.4, 0.5) is 0 Å². The van der Waals surface area contributed by atoms with Crippen LogP contribution in [0.15, 0.2) is 48.7 Å². The number of aromatic amines is 1. The summed E-state index contributed by atoms with van der Waals surface area (Å²) in [5.41, 5.74) is 5.53. The largest absolute Gasteiger partial charge is 0.491 e. The first-order chi connectivity index (χ1) is 16.7. The zero-order valence-corrected chi connectivity index (χ0v) is 20.8. The van der Waals surface area contributed by atoms with E-state index in [2.05, 4.69) is 53.3 Å². The minimum Gasteiger partial charge on any atom is -0.491 e. The highest BCUT2D eigenvalue weighted by Crippen LogP contribution is 2.39. The van der Waals surface area contributed by atoms with Gasteiger partial charge in [-0.3, -0.25) is 0 Å². The second-order valence-corrected chi connectivity index (χ2v) is 9.47. The molecule has 2 heterocycles. The number of unbranched alkanes of at least 4 members (excludes halogenated alkanes) is 6. The Labute approximate surface area is 207 Å². The number of benzene rings is 2. The number of nitrogens with one attached hydrogen (secondary N) is 1. The van der Waals surface area contributed by atoms with Crippen LogP contribution in [0.2, 0.25) is 5.02 Å². The molecule has 0 bridgehead atoms. The number of ether oxygens (including phenoxy) is 1. The maximum atomic E-state index is 8.89. The Kier molecular flexibility index (Phi) is 8.84. The van der Waals surface area contributed by atoms with E-state index < -0.39 is 0 Å². The van der Waals surface area contributed by atoms with Crippen molar-refractivity contribution in [1.82, 2.24) is 9.97 Å². The zero-order valence-electron chi connectivity index (χ0n) is 20.1. The molecule has 4 aromatic rings. The van der Waals surface area contributed by atoms with Crippen molar-refractivity contribution in [3.8, 4) is 16.9 Å². The molecule has 0 fully saturated rings. The summed E-state index contributed by atoms with van der Waals surface area (Å²) in [6.07, 6.45) is 11.7. The first-order valence-electron chi connectivity index (χ1n) is 12.6. The maximum Gasteiger partial charge on any atom is 0.143 e. The molecule has 0 aliphatic rings. The van der Waals surface area contributed by atoms with Crippen LogP contribution >= 0.6 is 11.6 Å². The molecule has 5 heteroatoms. The first kappa shape index (κ1) is 24.6. The SMILES string of the molecule is CCCCc1cccc(-c2ccc(OCCCCCCCCO)c3[nH]c4ncc(Cl)cc4c23)c1. The second kappa shape index (κ2) is 12.2. The van der Waals surface area contributed by atoms with Gasteiger partial charge in [0.2, 0.25) is 0 Å². The molecule has 0 aliphatic heterocycles. The van der Waals surface area contributed by atoms with Crippen molar-refractivity contribution in [3.05, 3.63) is 59.2 Å². The lowest BCUT2D eigenvalue weighted by Crippen LogP contribution is -1.98. The molecule has 0 spiro atoms. The Morgan fingerprint density at radius 1 is 0.971 bits per heavy atom. The normalized spacial score (nSPS) is 11.5. The molecule has 4 rings (SSSR count). The number of rotatable bonds is 13. The number of hydrogen-bond donors (Lipinski definition) is 2. The molecule has 180 valence electrons. The Hall–Kier alpha value is -2.56. The summed E-state index contributed by atoms with van der Waals surface area (Å²) in [6.45, 7) is 3.21. The number of aliphatic hydroxyl groups excluding tert-OH is 1. The number of aliphatic hydroxyl groups is 1. The molecule has 2 N–H and O–H groups in total. The van der Waals surface area contributed by atoms with Gasteiger partial charge in [-0.05, 0) is 60.6 Å². The van der Waals surface area contributed by atoms with E-state index >= 15 is 0 Å². The summed E-state index contributed by atoms with van der Waals surface area (Å²) in [5.74, 6) is 0.857. The lowest BCUT2D eigenvalue weighted by atomic mass is 9.96. The topological polar surface area (TPSA) is 58.1 Å². The number of fused-ring (bicyclic) bond motifs is 3. The van der Waals surface area contributed by atoms with Crippen LogP contribution in [-0.4, -0.2) is 28.3 Å². The number of H-pyrrole nitrogens is 1. The maximum absolute atomic E-state index is 8.89. The van der Waals surface area contributed by atoms with Crippen molar-refractivity contribution in [3.63, 3.8) is 0 Å². The molecule has 4 nitrogen and oxygen atoms in total. The molecule has 34 heavy (non-hydrogen) atoms. The Morgan fingerprint density at radius 2 is 1.79 bits per heavy atom. The van der Waals surface area contributed by atoms with E-state index in [0.29, 0.717) is 18.2 Å². The van der Waals surface area contributed by atoms with Gasteiger partial charge in [-0.15, -0.1) is 0 Å². The van der Waals surface area contributed by atoms with E-state index in [-0.39, 0.29) is 0 Å². The lowest BCUT2D eigenvalue weighted by molar-refractivity contribution is 0.280. The summed E-state index contributed by atoms with van der Waals surface area (Å²) in [5, 5.41) is 11.7. The Bertz CT molecular complexity index is 1220. The van der Waals surface area contributed by atoms with Gasteiger partial charge < -0.3 is 14.8 Å². The van der Waals surface area contributed by atoms with Gasteiger partial charge >= 0.3 is 0 Å². The van der Waals surface area contributed by atoms with E-state index in [4.69, 9.17) is 21.4 Å². The quantitative estimate of drug-likeness (QED) is 0.191. The molecular weight excluding hydrogens is 444 g/mol. The Morgan fingerprint density at radius 3 is 2.62 bits per heavy atom. The van der Waals surface area contributed by atoms with Crippen LogP contribution in [0, 0.1) is 0 Å². The second-order valence-electron chi connectivity index (χ2n) is 9.03. The standard InChI is InChI=1S/C29H35ClN2O2/c1-2-3-11-21-12-10-13-22(18-21)24-14-15-26(34-17-9-7-5-4-6-8-16-33)28-27(24)25-19-23(30)20-31-29(25)32-28/h10,12-15,18-20,33H,2-9,11,16-17H2,1H3,(H,31,32). The summed E-state index contributed by atoms with van der Waals surface area (Å²) in [7, 11) is 0. The zero-order chi connectivity index (χ0) is 23.8. The third kappa shape index (κ3) is 5.92. The smallest absolute Gasteiger partial charge is 0.143 e. The van der Waals surface area contributed by atoms with Crippen molar-refractivity contribution >= 4 is 33.5 Å². The van der Waals surface area contributed by atoms with Crippen LogP contribution in [0.25, 0.3) is 33.1 Å². The van der Waals surface area contributed by atoms with Gasteiger partial charge in [-0.25, -0.2) is 4.98 Å². The molecular formula is C29H35ClN2O2. The molecule has 0 saturated carbocycles. The predicted molar refractivity (Wildman–Crippen MR) is 143 cm³/mol. The highest BCUT2D eigenvalue weighted by Gasteiger charge is 2.16. The molecule has 0 saturated heterocycles. The van der Waals surface area contributed by atoms with Crippen LogP contribution < -0.4 is 4.74 Å². The van der Waals surface area contributed by atoms with E-state index in [1.165, 1.54) is 42.4 Å². The van der Waals surface area contributed by atoms with Gasteiger partial charge in [-0.1, -0.05) is 74.9 Å². The van der Waals surface area contributed by atoms with Crippen molar-refractivity contribution < 1.29 is 9.84 Å². The third-order valence-corrected chi connectivity index (χ3v) is 6.61. The number of nitrogens with zero attached hydrogens (tertiary/aromatic N) is 1. The highest BCUT2D eigenvalue weighted by molar-refractivity contribution is 6.31. The van der Waals surface area contributed by atoms with Gasteiger partial charge in [0.05, 0.1) is 17.1 Å². The van der Waals surface area contributed by atoms with Gasteiger partial charge in [0.15, 0.2) is 0 Å². The molecule has 0 amide bonds. The first-order valence-corrected chi connectivity index (χ1v) is 13.0. The van der Waals surface area contributed by atoms with Crippen LogP contribution in [0.1, 0.15) is 63.9 Å². The van der Waals surface area contributed by atoms with Crippen molar-refractivity contribution in [1.29, 1.82) is 0 Å². The molecule has 0 unspecified atom stereocenters. The summed E-state index contributed by atoms with van der Waals surface area (Å²) in [6, 6.07) is 15.1. The fourth-order valence-corrected chi connectivity index (χ4v) is 4.73. The lowest BCUT2D eigenvalue weighted by Gasteiger charge is -2.12. The molecule has 0 aliphatic carbocycles. The van der Waals surface area contributed by atoms with Crippen molar-refractivity contribution in [2.45, 2.75) is 64.7 Å². The minimum absolute atomic E-state index is 0.294. The van der Waals surface area contributed by atoms with E-state index in [9.17, 15) is 0 Å². The van der Waals surface area contributed by atoms with E-state index in [0.717, 1.165) is 59.8 Å². The Balaban J connectivity index is 1.61. The average molecular weight is 479 g/mol. The number of halogens is 1. The number of aromatic nitrogens is 2. The minimum atomic E-state index is 0.294. The van der Waals surface area contributed by atoms with Crippen LogP contribution in [-0.2, 0) is 6.42 Å². The fourth-order valence-electron chi connectivity index (χ4n) is 4.57. The van der Waals surface area contributed by atoms with Gasteiger partial charge in [-0.2, -0.15) is 0 Å². The van der Waals surface area contributed by atoms with Gasteiger partial charge in [0.25, 0.3) is 0 Å². The van der Waals surface area contributed by atoms with E-state index in [1.807, 2.05) is 6.07 Å². The van der Waals surface area contributed by atoms with E-state index in [1.54, 1.807) is 6.20 Å². The molecule has 0 atom stereocenters. The predicted octanol–water partition coefficient (Wildman–Crippen LogP) is 8.09. The summed E-state index contributed by atoms with van der Waals surface area (Å²) < 4.78 is 6.24. The van der Waals surface area contributed by atoms with Crippen LogP contribution in [0.5, 0.6) is 5.75 Å². The number of hydrogen-bond acceptors (Lipinski definition) is 3. The molecule has 2 aromatic carbocycles. The number of aryl methyl sites for hydroxylation is 1. The molecule has 0 radical (unpaired) electrons. The van der Waals surface area contributed by atoms with Gasteiger partial charge in [0.1, 0.15) is 11.4 Å². The van der Waals surface area contributed by atoms with Crippen molar-refractivity contribution in [2.24, 2.45) is 0 Å². The fraction of sp³-hybridized carbons (Fsp3) is 0.414. The average Bonchev–Trinajstić information content (AvgIpc) is 3.23. The van der Waals surface area contributed by atoms with Crippen LogP contribution in [0.3, 0.4) is 0 Å². The summed E-state index contributed by atoms with van der Waals surface area (Å²) in [4.78, 5) is 8.03. The highest BCUT2D eigenvalue weighted by atomic mass is 35.5. The number of pyridine rings is 1. The third-order valence-electron chi connectivity index (χ3n) is 6.40. The molecule has 2 aromatic heterocycles.